The summed E-state index contributed by atoms with van der Waals surface area (Å²) in [6.45, 7) is 1.01. The third-order valence-corrected chi connectivity index (χ3v) is 4.16. The predicted molar refractivity (Wildman–Crippen MR) is 73.7 cm³/mol. The van der Waals surface area contributed by atoms with Gasteiger partial charge in [-0.1, -0.05) is 6.07 Å². The van der Waals surface area contributed by atoms with Crippen LogP contribution in [0.5, 0.6) is 0 Å². The van der Waals surface area contributed by atoms with E-state index in [1.165, 1.54) is 19.3 Å². The number of anilines is 1. The van der Waals surface area contributed by atoms with Crippen molar-refractivity contribution in [2.45, 2.75) is 31.4 Å². The molecule has 18 heavy (non-hydrogen) atoms. The zero-order valence-corrected chi connectivity index (χ0v) is 11.6. The fourth-order valence-corrected chi connectivity index (χ4v) is 2.75. The second-order valence-electron chi connectivity index (χ2n) is 5.47. The largest absolute Gasteiger partial charge is 0.392 e. The van der Waals surface area contributed by atoms with Gasteiger partial charge in [0.05, 0.1) is 6.61 Å². The molecule has 0 aromatic carbocycles. The molecule has 1 heterocycles. The van der Waals surface area contributed by atoms with Gasteiger partial charge in [0.2, 0.25) is 0 Å². The van der Waals surface area contributed by atoms with E-state index in [4.69, 9.17) is 0 Å². The van der Waals surface area contributed by atoms with Crippen molar-refractivity contribution >= 4 is 5.82 Å². The third-order valence-electron chi connectivity index (χ3n) is 4.16. The van der Waals surface area contributed by atoms with Gasteiger partial charge in [-0.25, -0.2) is 4.98 Å². The molecule has 100 valence electrons. The van der Waals surface area contributed by atoms with Crippen molar-refractivity contribution in [3.8, 4) is 0 Å². The second kappa shape index (κ2) is 5.24. The third kappa shape index (κ3) is 2.35. The minimum Gasteiger partial charge on any atom is -0.392 e. The first-order valence-corrected chi connectivity index (χ1v) is 6.52. The van der Waals surface area contributed by atoms with Crippen molar-refractivity contribution in [3.05, 3.63) is 23.9 Å². The number of pyridine rings is 1. The molecule has 0 saturated heterocycles. The standard InChI is InChI=1S/C14H23N3O/c1-16(2)14(7-5-8-14)11-17(3)13-12(10-18)6-4-9-15-13/h4,6,9,18H,5,7-8,10-11H2,1-3H3. The Morgan fingerprint density at radius 3 is 2.56 bits per heavy atom. The van der Waals surface area contributed by atoms with Gasteiger partial charge in [-0.2, -0.15) is 0 Å². The van der Waals surface area contributed by atoms with Crippen molar-refractivity contribution in [3.63, 3.8) is 0 Å². The average Bonchev–Trinajstić information content (AvgIpc) is 2.33. The van der Waals surface area contributed by atoms with Gasteiger partial charge in [0, 0.05) is 30.9 Å². The number of aliphatic hydroxyl groups is 1. The highest BCUT2D eigenvalue weighted by atomic mass is 16.3. The van der Waals surface area contributed by atoms with Gasteiger partial charge in [-0.3, -0.25) is 0 Å². The number of aromatic nitrogens is 1. The molecule has 0 bridgehead atoms. The molecule has 1 aromatic heterocycles. The molecule has 0 aliphatic heterocycles. The van der Waals surface area contributed by atoms with Gasteiger partial charge in [-0.05, 0) is 39.4 Å². The lowest BCUT2D eigenvalue weighted by Crippen LogP contribution is -2.57. The van der Waals surface area contributed by atoms with Crippen molar-refractivity contribution in [1.29, 1.82) is 0 Å². The van der Waals surface area contributed by atoms with E-state index in [1.807, 2.05) is 12.1 Å². The first kappa shape index (κ1) is 13.3. The molecule has 1 aromatic rings. The Labute approximate surface area is 109 Å². The topological polar surface area (TPSA) is 39.6 Å². The minimum atomic E-state index is 0.0441. The molecule has 0 spiro atoms. The van der Waals surface area contributed by atoms with E-state index in [2.05, 4.69) is 35.9 Å². The van der Waals surface area contributed by atoms with Crippen LogP contribution in [0, 0.1) is 0 Å². The molecule has 1 fully saturated rings. The Morgan fingerprint density at radius 2 is 2.06 bits per heavy atom. The summed E-state index contributed by atoms with van der Waals surface area (Å²) in [6.07, 6.45) is 5.58. The van der Waals surface area contributed by atoms with Gasteiger partial charge in [0.15, 0.2) is 0 Å². The highest BCUT2D eigenvalue weighted by Crippen LogP contribution is 2.37. The van der Waals surface area contributed by atoms with Gasteiger partial charge >= 0.3 is 0 Å². The SMILES string of the molecule is CN(CC1(N(C)C)CCC1)c1ncccc1CO. The molecule has 0 atom stereocenters. The van der Waals surface area contributed by atoms with E-state index in [9.17, 15) is 5.11 Å². The molecular weight excluding hydrogens is 226 g/mol. The molecule has 0 unspecified atom stereocenters. The maximum absolute atomic E-state index is 9.37. The minimum absolute atomic E-state index is 0.0441. The Hall–Kier alpha value is -1.13. The first-order valence-electron chi connectivity index (χ1n) is 6.52. The monoisotopic (exact) mass is 249 g/mol. The molecule has 2 rings (SSSR count). The summed E-state index contributed by atoms with van der Waals surface area (Å²) in [5, 5.41) is 9.37. The van der Waals surface area contributed by atoms with Crippen LogP contribution in [0.2, 0.25) is 0 Å². The summed E-state index contributed by atoms with van der Waals surface area (Å²) in [7, 11) is 6.36. The number of hydrogen-bond acceptors (Lipinski definition) is 4. The van der Waals surface area contributed by atoms with E-state index < -0.39 is 0 Å². The van der Waals surface area contributed by atoms with E-state index in [0.717, 1.165) is 17.9 Å². The summed E-state index contributed by atoms with van der Waals surface area (Å²) in [5.41, 5.74) is 1.17. The number of hydrogen-bond donors (Lipinski definition) is 1. The fraction of sp³-hybridized carbons (Fsp3) is 0.643. The van der Waals surface area contributed by atoms with E-state index in [1.54, 1.807) is 6.20 Å². The van der Waals surface area contributed by atoms with Crippen LogP contribution >= 0.6 is 0 Å². The fourth-order valence-electron chi connectivity index (χ4n) is 2.75. The maximum atomic E-state index is 9.37. The van der Waals surface area contributed by atoms with Crippen LogP contribution in [0.1, 0.15) is 24.8 Å². The van der Waals surface area contributed by atoms with Crippen molar-refractivity contribution in [2.24, 2.45) is 0 Å². The lowest BCUT2D eigenvalue weighted by atomic mass is 9.75. The van der Waals surface area contributed by atoms with Gasteiger partial charge in [0.1, 0.15) is 5.82 Å². The van der Waals surface area contributed by atoms with Crippen LogP contribution in [0.4, 0.5) is 5.82 Å². The highest BCUT2D eigenvalue weighted by molar-refractivity contribution is 5.46. The summed E-state index contributed by atoms with van der Waals surface area (Å²) >= 11 is 0. The Balaban J connectivity index is 2.14. The van der Waals surface area contributed by atoms with Crippen LogP contribution in [-0.2, 0) is 6.61 Å². The lowest BCUT2D eigenvalue weighted by Gasteiger charge is -2.49. The molecular formula is C14H23N3O. The van der Waals surface area contributed by atoms with Crippen LogP contribution < -0.4 is 4.90 Å². The molecule has 4 heteroatoms. The summed E-state index contributed by atoms with van der Waals surface area (Å²) in [4.78, 5) is 8.90. The molecule has 1 saturated carbocycles. The summed E-state index contributed by atoms with van der Waals surface area (Å²) < 4.78 is 0. The zero-order chi connectivity index (χ0) is 13.2. The van der Waals surface area contributed by atoms with Crippen LogP contribution in [0.25, 0.3) is 0 Å². The Kier molecular flexibility index (Phi) is 3.88. The predicted octanol–water partition coefficient (Wildman–Crippen LogP) is 1.49. The van der Waals surface area contributed by atoms with E-state index in [-0.39, 0.29) is 12.1 Å². The number of nitrogens with zero attached hydrogens (tertiary/aromatic N) is 3. The Bertz CT molecular complexity index is 402. The Morgan fingerprint density at radius 1 is 1.33 bits per heavy atom. The molecule has 0 amide bonds. The van der Waals surface area contributed by atoms with Gasteiger partial charge in [-0.15, -0.1) is 0 Å². The molecule has 0 radical (unpaired) electrons. The van der Waals surface area contributed by atoms with E-state index in [0.29, 0.717) is 0 Å². The van der Waals surface area contributed by atoms with Gasteiger partial charge < -0.3 is 14.9 Å². The molecule has 4 nitrogen and oxygen atoms in total. The van der Waals surface area contributed by atoms with Crippen LogP contribution in [-0.4, -0.2) is 48.2 Å². The van der Waals surface area contributed by atoms with Gasteiger partial charge in [0.25, 0.3) is 0 Å². The lowest BCUT2D eigenvalue weighted by molar-refractivity contribution is 0.0681. The van der Waals surface area contributed by atoms with Crippen LogP contribution in [0.15, 0.2) is 18.3 Å². The average molecular weight is 249 g/mol. The van der Waals surface area contributed by atoms with Crippen LogP contribution in [0.3, 0.4) is 0 Å². The smallest absolute Gasteiger partial charge is 0.133 e. The van der Waals surface area contributed by atoms with E-state index >= 15 is 0 Å². The number of rotatable bonds is 5. The van der Waals surface area contributed by atoms with Crippen molar-refractivity contribution < 1.29 is 5.11 Å². The number of likely N-dealkylation sites (N-methyl/N-ethyl adjacent to an activating group) is 2. The molecule has 1 N–H and O–H groups in total. The quantitative estimate of drug-likeness (QED) is 0.858. The summed E-state index contributed by atoms with van der Waals surface area (Å²) in [5.74, 6) is 0.896. The molecule has 1 aliphatic carbocycles. The number of aliphatic hydroxyl groups excluding tert-OH is 1. The first-order chi connectivity index (χ1) is 8.59. The molecule has 1 aliphatic rings. The van der Waals surface area contributed by atoms with Crippen molar-refractivity contribution in [1.82, 2.24) is 9.88 Å². The normalized spacial score (nSPS) is 17.6. The second-order valence-corrected chi connectivity index (χ2v) is 5.47. The highest BCUT2D eigenvalue weighted by Gasteiger charge is 2.40. The zero-order valence-electron chi connectivity index (χ0n) is 11.6. The maximum Gasteiger partial charge on any atom is 0.133 e. The summed E-state index contributed by atoms with van der Waals surface area (Å²) in [6, 6.07) is 3.80. The van der Waals surface area contributed by atoms with Crippen molar-refractivity contribution in [2.75, 3.05) is 32.6 Å².